The molecule has 0 unspecified atom stereocenters. The predicted molar refractivity (Wildman–Crippen MR) is 103 cm³/mol. The van der Waals surface area contributed by atoms with E-state index in [4.69, 9.17) is 11.6 Å². The van der Waals surface area contributed by atoms with E-state index < -0.39 is 16.4 Å². The Morgan fingerprint density at radius 3 is 2.41 bits per heavy atom. The number of nitro benzene ring substituents is 1. The molecular formula is C19H14ClN3O4. The van der Waals surface area contributed by atoms with Crippen LogP contribution >= 0.6 is 11.6 Å². The number of nitro groups is 1. The number of aromatic nitrogens is 1. The number of carbonyl (C=O) groups excluding carboxylic acids is 1. The highest BCUT2D eigenvalue weighted by Gasteiger charge is 2.14. The molecule has 0 bridgehead atoms. The highest BCUT2D eigenvalue weighted by Crippen LogP contribution is 2.22. The molecular weight excluding hydrogens is 370 g/mol. The number of pyridine rings is 1. The van der Waals surface area contributed by atoms with Crippen LogP contribution in [0, 0.1) is 17.0 Å². The first kappa shape index (κ1) is 18.3. The molecule has 1 aromatic heterocycles. The molecule has 0 radical (unpaired) electrons. The summed E-state index contributed by atoms with van der Waals surface area (Å²) in [6.07, 6.45) is 0. The number of benzene rings is 2. The number of halogens is 1. The Bertz CT molecular complexity index is 1090. The molecule has 2 aromatic carbocycles. The highest BCUT2D eigenvalue weighted by atomic mass is 35.5. The van der Waals surface area contributed by atoms with Gasteiger partial charge in [0, 0.05) is 28.5 Å². The largest absolute Gasteiger partial charge is 0.322 e. The van der Waals surface area contributed by atoms with Crippen molar-refractivity contribution in [1.82, 2.24) is 4.98 Å². The maximum atomic E-state index is 12.4. The molecule has 0 saturated carbocycles. The first-order chi connectivity index (χ1) is 12.8. The van der Waals surface area contributed by atoms with Crippen LogP contribution in [-0.2, 0) is 0 Å². The second-order valence-corrected chi connectivity index (χ2v) is 6.27. The lowest BCUT2D eigenvalue weighted by Crippen LogP contribution is -2.23. The SMILES string of the molecule is Cc1cc([N+](=O)[O-])ccc1NC(=O)c1ccc(-c2ccc(Cl)cc2)[nH]c1=O. The van der Waals surface area contributed by atoms with Crippen LogP contribution in [0.1, 0.15) is 15.9 Å². The van der Waals surface area contributed by atoms with Gasteiger partial charge in [-0.15, -0.1) is 0 Å². The molecule has 1 amide bonds. The summed E-state index contributed by atoms with van der Waals surface area (Å²) < 4.78 is 0. The van der Waals surface area contributed by atoms with Crippen molar-refractivity contribution in [2.24, 2.45) is 0 Å². The van der Waals surface area contributed by atoms with E-state index in [0.717, 1.165) is 5.56 Å². The summed E-state index contributed by atoms with van der Waals surface area (Å²) in [4.78, 5) is 37.7. The summed E-state index contributed by atoms with van der Waals surface area (Å²) in [5, 5.41) is 14.0. The maximum absolute atomic E-state index is 12.4. The minimum absolute atomic E-state index is 0.0644. The second-order valence-electron chi connectivity index (χ2n) is 5.83. The minimum atomic E-state index is -0.601. The number of hydrogen-bond acceptors (Lipinski definition) is 4. The lowest BCUT2D eigenvalue weighted by Gasteiger charge is -2.08. The van der Waals surface area contributed by atoms with Crippen LogP contribution in [0.5, 0.6) is 0 Å². The predicted octanol–water partition coefficient (Wildman–Crippen LogP) is 4.16. The first-order valence-electron chi connectivity index (χ1n) is 7.91. The zero-order valence-electron chi connectivity index (χ0n) is 14.2. The molecule has 8 heteroatoms. The number of rotatable bonds is 4. The monoisotopic (exact) mass is 383 g/mol. The third-order valence-corrected chi connectivity index (χ3v) is 4.23. The van der Waals surface area contributed by atoms with Crippen molar-refractivity contribution < 1.29 is 9.72 Å². The fourth-order valence-electron chi connectivity index (χ4n) is 2.54. The van der Waals surface area contributed by atoms with E-state index in [1.54, 1.807) is 37.3 Å². The van der Waals surface area contributed by atoms with Crippen LogP contribution in [0.25, 0.3) is 11.3 Å². The third kappa shape index (κ3) is 4.04. The molecule has 2 N–H and O–H groups in total. The van der Waals surface area contributed by atoms with Crippen molar-refractivity contribution >= 4 is 28.9 Å². The van der Waals surface area contributed by atoms with Gasteiger partial charge in [0.15, 0.2) is 0 Å². The molecule has 7 nitrogen and oxygen atoms in total. The van der Waals surface area contributed by atoms with E-state index in [0.29, 0.717) is 22.0 Å². The van der Waals surface area contributed by atoms with Crippen molar-refractivity contribution in [3.8, 4) is 11.3 Å². The molecule has 3 aromatic rings. The molecule has 0 atom stereocenters. The Morgan fingerprint density at radius 1 is 1.11 bits per heavy atom. The lowest BCUT2D eigenvalue weighted by molar-refractivity contribution is -0.384. The van der Waals surface area contributed by atoms with Crippen LogP contribution < -0.4 is 10.9 Å². The van der Waals surface area contributed by atoms with E-state index in [2.05, 4.69) is 10.3 Å². The number of anilines is 1. The van der Waals surface area contributed by atoms with Gasteiger partial charge in [0.2, 0.25) is 0 Å². The Morgan fingerprint density at radius 2 is 1.81 bits per heavy atom. The fraction of sp³-hybridized carbons (Fsp3) is 0.0526. The highest BCUT2D eigenvalue weighted by molar-refractivity contribution is 6.30. The Labute approximate surface area is 158 Å². The van der Waals surface area contributed by atoms with Gasteiger partial charge < -0.3 is 10.3 Å². The number of H-pyrrole nitrogens is 1. The van der Waals surface area contributed by atoms with Gasteiger partial charge in [-0.3, -0.25) is 19.7 Å². The molecule has 136 valence electrons. The van der Waals surface area contributed by atoms with Crippen molar-refractivity contribution in [1.29, 1.82) is 0 Å². The van der Waals surface area contributed by atoms with Crippen molar-refractivity contribution in [3.63, 3.8) is 0 Å². The third-order valence-electron chi connectivity index (χ3n) is 3.98. The number of carbonyl (C=O) groups is 1. The standard InChI is InChI=1S/C19H14ClN3O4/c1-11-10-14(23(26)27)6-8-16(11)21-18(24)15-7-9-17(22-19(15)25)12-2-4-13(20)5-3-12/h2-10H,1H3,(H,21,24)(H,22,25). The molecule has 1 heterocycles. The lowest BCUT2D eigenvalue weighted by atomic mass is 10.1. The molecule has 3 rings (SSSR count). The molecule has 0 spiro atoms. The van der Waals surface area contributed by atoms with E-state index in [9.17, 15) is 19.7 Å². The Kier molecular flexibility index (Phi) is 5.05. The average molecular weight is 384 g/mol. The maximum Gasteiger partial charge on any atom is 0.269 e. The minimum Gasteiger partial charge on any atom is -0.322 e. The number of hydrogen-bond donors (Lipinski definition) is 2. The van der Waals surface area contributed by atoms with Crippen LogP contribution in [0.3, 0.4) is 0 Å². The van der Waals surface area contributed by atoms with Gasteiger partial charge in [0.05, 0.1) is 4.92 Å². The normalized spacial score (nSPS) is 10.4. The molecule has 0 saturated heterocycles. The van der Waals surface area contributed by atoms with Gasteiger partial charge in [0.1, 0.15) is 5.56 Å². The molecule has 0 aliphatic rings. The smallest absolute Gasteiger partial charge is 0.269 e. The Hall–Kier alpha value is -3.45. The number of non-ortho nitro benzene ring substituents is 1. The van der Waals surface area contributed by atoms with Crippen LogP contribution in [0.2, 0.25) is 5.02 Å². The van der Waals surface area contributed by atoms with Gasteiger partial charge in [-0.05, 0) is 48.4 Å². The molecule has 27 heavy (non-hydrogen) atoms. The zero-order chi connectivity index (χ0) is 19.6. The van der Waals surface area contributed by atoms with E-state index in [-0.39, 0.29) is 11.3 Å². The van der Waals surface area contributed by atoms with Crippen molar-refractivity contribution in [2.75, 3.05) is 5.32 Å². The number of aryl methyl sites for hydroxylation is 1. The van der Waals surface area contributed by atoms with Gasteiger partial charge >= 0.3 is 0 Å². The summed E-state index contributed by atoms with van der Waals surface area (Å²) in [6.45, 7) is 1.64. The topological polar surface area (TPSA) is 105 Å². The van der Waals surface area contributed by atoms with Crippen LogP contribution in [0.4, 0.5) is 11.4 Å². The van der Waals surface area contributed by atoms with Crippen LogP contribution in [-0.4, -0.2) is 15.8 Å². The average Bonchev–Trinajstić information content (AvgIpc) is 2.63. The zero-order valence-corrected chi connectivity index (χ0v) is 14.9. The summed E-state index contributed by atoms with van der Waals surface area (Å²) in [5.41, 5.74) is 1.55. The number of amides is 1. The summed E-state index contributed by atoms with van der Waals surface area (Å²) in [6, 6.07) is 14.0. The van der Waals surface area contributed by atoms with Crippen molar-refractivity contribution in [3.05, 3.63) is 91.2 Å². The van der Waals surface area contributed by atoms with Gasteiger partial charge in [-0.2, -0.15) is 0 Å². The summed E-state index contributed by atoms with van der Waals surface area (Å²) >= 11 is 5.85. The van der Waals surface area contributed by atoms with Crippen molar-refractivity contribution in [2.45, 2.75) is 6.92 Å². The Balaban J connectivity index is 1.84. The molecule has 0 aliphatic heterocycles. The van der Waals surface area contributed by atoms with Crippen LogP contribution in [0.15, 0.2) is 59.4 Å². The quantitative estimate of drug-likeness (QED) is 0.521. The number of aromatic amines is 1. The molecule has 0 aliphatic carbocycles. The number of nitrogens with zero attached hydrogens (tertiary/aromatic N) is 1. The second kappa shape index (κ2) is 7.43. The van der Waals surface area contributed by atoms with Gasteiger partial charge in [0.25, 0.3) is 17.2 Å². The van der Waals surface area contributed by atoms with Gasteiger partial charge in [-0.25, -0.2) is 0 Å². The van der Waals surface area contributed by atoms with Gasteiger partial charge in [-0.1, -0.05) is 23.7 Å². The first-order valence-corrected chi connectivity index (χ1v) is 8.28. The summed E-state index contributed by atoms with van der Waals surface area (Å²) in [7, 11) is 0. The summed E-state index contributed by atoms with van der Waals surface area (Å²) in [5.74, 6) is -0.601. The van der Waals surface area contributed by atoms with E-state index in [1.165, 1.54) is 24.3 Å². The fourth-order valence-corrected chi connectivity index (χ4v) is 2.67. The van der Waals surface area contributed by atoms with E-state index >= 15 is 0 Å². The number of nitrogens with one attached hydrogen (secondary N) is 2. The molecule has 0 fully saturated rings. The van der Waals surface area contributed by atoms with E-state index in [1.807, 2.05) is 0 Å².